The molecule has 17 heavy (non-hydrogen) atoms. The van der Waals surface area contributed by atoms with Crippen molar-refractivity contribution in [1.82, 2.24) is 5.32 Å². The summed E-state index contributed by atoms with van der Waals surface area (Å²) in [6.45, 7) is 4.27. The first-order valence-corrected chi connectivity index (χ1v) is 7.22. The molecule has 2 aromatic rings. The van der Waals surface area contributed by atoms with E-state index in [1.54, 1.807) is 0 Å². The Morgan fingerprint density at radius 2 is 1.94 bits per heavy atom. The van der Waals surface area contributed by atoms with E-state index in [0.717, 1.165) is 4.47 Å². The first-order valence-electron chi connectivity index (χ1n) is 5.61. The van der Waals surface area contributed by atoms with Gasteiger partial charge in [-0.15, -0.1) is 11.3 Å². The first kappa shape index (κ1) is 12.8. The number of hydrogen-bond acceptors (Lipinski definition) is 2. The number of hydrogen-bond donors (Lipinski definition) is 1. The summed E-state index contributed by atoms with van der Waals surface area (Å²) in [5, 5.41) is 3.40. The SMILES string of the molecule is CNC(c1ccc(C)s1)c1cc(C)ccc1Br. The van der Waals surface area contributed by atoms with Crippen LogP contribution in [0.1, 0.15) is 26.9 Å². The van der Waals surface area contributed by atoms with Crippen LogP contribution in [0.15, 0.2) is 34.8 Å². The molecule has 0 saturated carbocycles. The van der Waals surface area contributed by atoms with Crippen LogP contribution < -0.4 is 5.32 Å². The van der Waals surface area contributed by atoms with Gasteiger partial charge in [0.1, 0.15) is 0 Å². The van der Waals surface area contributed by atoms with Gasteiger partial charge in [-0.3, -0.25) is 0 Å². The summed E-state index contributed by atoms with van der Waals surface area (Å²) < 4.78 is 1.16. The van der Waals surface area contributed by atoms with E-state index in [0.29, 0.717) is 0 Å². The number of halogens is 1. The Kier molecular flexibility index (Phi) is 4.02. The van der Waals surface area contributed by atoms with Gasteiger partial charge >= 0.3 is 0 Å². The fourth-order valence-corrected chi connectivity index (χ4v) is 3.43. The highest BCUT2D eigenvalue weighted by Gasteiger charge is 2.16. The van der Waals surface area contributed by atoms with E-state index in [1.165, 1.54) is 20.9 Å². The van der Waals surface area contributed by atoms with Gasteiger partial charge in [0.2, 0.25) is 0 Å². The molecule has 1 heterocycles. The normalized spacial score (nSPS) is 12.7. The van der Waals surface area contributed by atoms with Crippen molar-refractivity contribution in [2.45, 2.75) is 19.9 Å². The third-order valence-electron chi connectivity index (χ3n) is 2.80. The van der Waals surface area contributed by atoms with Crippen molar-refractivity contribution >= 4 is 27.3 Å². The summed E-state index contributed by atoms with van der Waals surface area (Å²) in [7, 11) is 2.01. The van der Waals surface area contributed by atoms with E-state index in [-0.39, 0.29) is 6.04 Å². The Balaban J connectivity index is 2.45. The van der Waals surface area contributed by atoms with E-state index in [2.05, 4.69) is 65.4 Å². The standard InChI is InChI=1S/C14H16BrNS/c1-9-4-6-12(15)11(8-9)14(16-3)13-7-5-10(2)17-13/h4-8,14,16H,1-3H3. The lowest BCUT2D eigenvalue weighted by Crippen LogP contribution is -2.17. The Hall–Kier alpha value is -0.640. The molecule has 1 N–H and O–H groups in total. The lowest BCUT2D eigenvalue weighted by molar-refractivity contribution is 0.700. The molecule has 90 valence electrons. The van der Waals surface area contributed by atoms with Crippen LogP contribution in [-0.4, -0.2) is 7.05 Å². The van der Waals surface area contributed by atoms with Crippen LogP contribution in [-0.2, 0) is 0 Å². The number of rotatable bonds is 3. The molecule has 0 aliphatic carbocycles. The van der Waals surface area contributed by atoms with Gasteiger partial charge in [0.25, 0.3) is 0 Å². The second-order valence-corrected chi connectivity index (χ2v) is 6.37. The van der Waals surface area contributed by atoms with Crippen molar-refractivity contribution in [1.29, 1.82) is 0 Å². The van der Waals surface area contributed by atoms with Crippen molar-refractivity contribution < 1.29 is 0 Å². The van der Waals surface area contributed by atoms with Crippen molar-refractivity contribution in [3.8, 4) is 0 Å². The van der Waals surface area contributed by atoms with E-state index >= 15 is 0 Å². The highest BCUT2D eigenvalue weighted by Crippen LogP contribution is 2.32. The topological polar surface area (TPSA) is 12.0 Å². The minimum atomic E-state index is 0.267. The van der Waals surface area contributed by atoms with Gasteiger partial charge in [0.05, 0.1) is 6.04 Å². The van der Waals surface area contributed by atoms with Gasteiger partial charge in [0, 0.05) is 14.2 Å². The van der Waals surface area contributed by atoms with Crippen molar-refractivity contribution in [3.63, 3.8) is 0 Å². The predicted octanol–water partition coefficient (Wildman–Crippen LogP) is 4.44. The molecule has 0 bridgehead atoms. The molecule has 0 saturated heterocycles. The predicted molar refractivity (Wildman–Crippen MR) is 78.8 cm³/mol. The Morgan fingerprint density at radius 1 is 1.18 bits per heavy atom. The van der Waals surface area contributed by atoms with Crippen LogP contribution in [0.5, 0.6) is 0 Å². The molecule has 2 rings (SSSR count). The number of thiophene rings is 1. The molecule has 1 aromatic heterocycles. The van der Waals surface area contributed by atoms with Crippen LogP contribution in [0.25, 0.3) is 0 Å². The molecule has 1 atom stereocenters. The maximum Gasteiger partial charge on any atom is 0.0679 e. The molecule has 0 aliphatic rings. The fourth-order valence-electron chi connectivity index (χ4n) is 1.94. The van der Waals surface area contributed by atoms with Crippen molar-refractivity contribution in [3.05, 3.63) is 55.7 Å². The summed E-state index contributed by atoms with van der Waals surface area (Å²) in [6, 6.07) is 11.1. The molecule has 1 aromatic carbocycles. The summed E-state index contributed by atoms with van der Waals surface area (Å²) in [6.07, 6.45) is 0. The molecule has 0 fully saturated rings. The first-order chi connectivity index (χ1) is 8.11. The quantitative estimate of drug-likeness (QED) is 0.884. The molecule has 3 heteroatoms. The lowest BCUT2D eigenvalue weighted by Gasteiger charge is -2.17. The maximum atomic E-state index is 3.64. The molecule has 0 radical (unpaired) electrons. The van der Waals surface area contributed by atoms with Gasteiger partial charge in [-0.25, -0.2) is 0 Å². The third kappa shape index (κ3) is 2.79. The minimum Gasteiger partial charge on any atom is -0.309 e. The zero-order chi connectivity index (χ0) is 12.4. The number of aryl methyl sites for hydroxylation is 2. The molecule has 1 unspecified atom stereocenters. The summed E-state index contributed by atoms with van der Waals surface area (Å²) >= 11 is 5.49. The van der Waals surface area contributed by atoms with E-state index in [9.17, 15) is 0 Å². The second-order valence-electron chi connectivity index (χ2n) is 4.20. The van der Waals surface area contributed by atoms with E-state index < -0.39 is 0 Å². The second kappa shape index (κ2) is 5.34. The largest absolute Gasteiger partial charge is 0.309 e. The average molecular weight is 310 g/mol. The Labute approximate surface area is 115 Å². The Morgan fingerprint density at radius 3 is 2.53 bits per heavy atom. The third-order valence-corrected chi connectivity index (χ3v) is 4.58. The number of benzene rings is 1. The van der Waals surface area contributed by atoms with Crippen LogP contribution in [0, 0.1) is 13.8 Å². The van der Waals surface area contributed by atoms with Gasteiger partial charge in [-0.2, -0.15) is 0 Å². The van der Waals surface area contributed by atoms with E-state index in [1.807, 2.05) is 18.4 Å². The maximum absolute atomic E-state index is 3.64. The van der Waals surface area contributed by atoms with Gasteiger partial charge in [-0.1, -0.05) is 33.6 Å². The Bertz CT molecular complexity index is 519. The average Bonchev–Trinajstić information content (AvgIpc) is 2.71. The number of nitrogens with one attached hydrogen (secondary N) is 1. The highest BCUT2D eigenvalue weighted by molar-refractivity contribution is 9.10. The lowest BCUT2D eigenvalue weighted by atomic mass is 10.0. The zero-order valence-corrected chi connectivity index (χ0v) is 12.7. The summed E-state index contributed by atoms with van der Waals surface area (Å²) in [5.74, 6) is 0. The van der Waals surface area contributed by atoms with Crippen LogP contribution >= 0.6 is 27.3 Å². The van der Waals surface area contributed by atoms with Crippen molar-refractivity contribution in [2.75, 3.05) is 7.05 Å². The van der Waals surface area contributed by atoms with E-state index in [4.69, 9.17) is 0 Å². The molecule has 0 aliphatic heterocycles. The highest BCUT2D eigenvalue weighted by atomic mass is 79.9. The molecular weight excluding hydrogens is 294 g/mol. The molecular formula is C14H16BrNS. The summed E-state index contributed by atoms with van der Waals surface area (Å²) in [4.78, 5) is 2.71. The van der Waals surface area contributed by atoms with Crippen LogP contribution in [0.4, 0.5) is 0 Å². The summed E-state index contributed by atoms with van der Waals surface area (Å²) in [5.41, 5.74) is 2.59. The molecule has 0 amide bonds. The van der Waals surface area contributed by atoms with Crippen LogP contribution in [0.2, 0.25) is 0 Å². The minimum absolute atomic E-state index is 0.267. The monoisotopic (exact) mass is 309 g/mol. The van der Waals surface area contributed by atoms with Gasteiger partial charge in [-0.05, 0) is 44.7 Å². The fraction of sp³-hybridized carbons (Fsp3) is 0.286. The zero-order valence-electron chi connectivity index (χ0n) is 10.3. The van der Waals surface area contributed by atoms with Gasteiger partial charge in [0.15, 0.2) is 0 Å². The smallest absolute Gasteiger partial charge is 0.0679 e. The molecule has 1 nitrogen and oxygen atoms in total. The van der Waals surface area contributed by atoms with Crippen molar-refractivity contribution in [2.24, 2.45) is 0 Å². The van der Waals surface area contributed by atoms with Gasteiger partial charge < -0.3 is 5.32 Å². The molecule has 0 spiro atoms. The van der Waals surface area contributed by atoms with Crippen LogP contribution in [0.3, 0.4) is 0 Å².